The molecule has 0 bridgehead atoms. The highest BCUT2D eigenvalue weighted by Gasteiger charge is 2.22. The zero-order valence-corrected chi connectivity index (χ0v) is 31.2. The van der Waals surface area contributed by atoms with E-state index in [2.05, 4.69) is 95.1 Å². The van der Waals surface area contributed by atoms with Crippen LogP contribution in [0.2, 0.25) is 10.0 Å². The Morgan fingerprint density at radius 3 is 0.981 bits per heavy atom. The molecular weight excluding hydrogens is 703 g/mol. The SMILES string of the molecule is C=CCn1c(-c2ccc(Cl)cc2)nc(-c2ccccc2)c1-c1ccccc1.C=CCn1c(-c2ccc(Cl)cc2)nc(-c2ccccc2)c1-c1ccccc1. The number of halogens is 2. The van der Waals surface area contributed by atoms with Gasteiger partial charge in [0.25, 0.3) is 0 Å². The molecule has 2 heterocycles. The molecule has 8 rings (SSSR count). The number of rotatable bonds is 10. The number of allylic oxidation sites excluding steroid dienone is 2. The maximum Gasteiger partial charge on any atom is 0.141 e. The lowest BCUT2D eigenvalue weighted by Crippen LogP contribution is -2.01. The summed E-state index contributed by atoms with van der Waals surface area (Å²) in [5.41, 5.74) is 10.6. The molecule has 0 amide bonds. The van der Waals surface area contributed by atoms with Crippen molar-refractivity contribution in [3.8, 4) is 67.8 Å². The van der Waals surface area contributed by atoms with E-state index < -0.39 is 0 Å². The number of hydrogen-bond acceptors (Lipinski definition) is 2. The molecule has 0 unspecified atom stereocenters. The maximum absolute atomic E-state index is 6.08. The van der Waals surface area contributed by atoms with Crippen LogP contribution in [0.5, 0.6) is 0 Å². The van der Waals surface area contributed by atoms with Crippen LogP contribution < -0.4 is 0 Å². The molecular formula is C48H38Cl2N4. The van der Waals surface area contributed by atoms with Crippen molar-refractivity contribution >= 4 is 23.2 Å². The molecule has 0 aliphatic rings. The quantitative estimate of drug-likeness (QED) is 0.131. The summed E-state index contributed by atoms with van der Waals surface area (Å²) < 4.78 is 4.43. The number of benzene rings is 6. The topological polar surface area (TPSA) is 35.6 Å². The van der Waals surface area contributed by atoms with Crippen molar-refractivity contribution in [3.05, 3.63) is 205 Å². The minimum Gasteiger partial charge on any atom is -0.320 e. The van der Waals surface area contributed by atoms with Gasteiger partial charge >= 0.3 is 0 Å². The molecule has 0 N–H and O–H groups in total. The molecule has 0 aliphatic carbocycles. The van der Waals surface area contributed by atoms with Crippen LogP contribution in [0.1, 0.15) is 0 Å². The average Bonchev–Trinajstić information content (AvgIpc) is 3.80. The lowest BCUT2D eigenvalue weighted by molar-refractivity contribution is 0.840. The summed E-state index contributed by atoms with van der Waals surface area (Å²) in [6, 6.07) is 57.0. The molecule has 0 radical (unpaired) electrons. The van der Waals surface area contributed by atoms with E-state index in [1.165, 1.54) is 0 Å². The van der Waals surface area contributed by atoms with Crippen molar-refractivity contribution in [2.45, 2.75) is 13.1 Å². The molecule has 6 heteroatoms. The Kier molecular flexibility index (Phi) is 11.4. The van der Waals surface area contributed by atoms with E-state index in [0.29, 0.717) is 23.1 Å². The van der Waals surface area contributed by atoms with E-state index in [-0.39, 0.29) is 0 Å². The third kappa shape index (κ3) is 7.91. The van der Waals surface area contributed by atoms with E-state index >= 15 is 0 Å². The standard InChI is InChI=1S/2C24H19ClN2/c2*1-2-17-27-23(19-11-7-4-8-12-19)22(18-9-5-3-6-10-18)26-24(27)20-13-15-21(25)16-14-20/h2*2-16H,1,17H2. The van der Waals surface area contributed by atoms with Crippen molar-refractivity contribution in [3.63, 3.8) is 0 Å². The molecule has 4 nitrogen and oxygen atoms in total. The monoisotopic (exact) mass is 740 g/mol. The molecule has 0 aliphatic heterocycles. The fraction of sp³-hybridized carbons (Fsp3) is 0.0417. The summed E-state index contributed by atoms with van der Waals surface area (Å²) in [4.78, 5) is 10.1. The minimum absolute atomic E-state index is 0.669. The molecule has 0 saturated carbocycles. The summed E-state index contributed by atoms with van der Waals surface area (Å²) in [5, 5.41) is 1.43. The van der Waals surface area contributed by atoms with Crippen LogP contribution in [0.15, 0.2) is 195 Å². The Hall–Kier alpha value is -6.20. The Morgan fingerprint density at radius 2 is 0.685 bits per heavy atom. The van der Waals surface area contributed by atoms with Crippen LogP contribution in [-0.4, -0.2) is 19.1 Å². The largest absolute Gasteiger partial charge is 0.320 e. The van der Waals surface area contributed by atoms with E-state index in [4.69, 9.17) is 33.2 Å². The Balaban J connectivity index is 0.000000167. The van der Waals surface area contributed by atoms with Gasteiger partial charge in [0.1, 0.15) is 11.6 Å². The number of hydrogen-bond donors (Lipinski definition) is 0. The molecule has 0 saturated heterocycles. The molecule has 8 aromatic rings. The lowest BCUT2D eigenvalue weighted by atomic mass is 10.0. The van der Waals surface area contributed by atoms with Crippen LogP contribution in [0, 0.1) is 0 Å². The Labute approximate surface area is 327 Å². The first-order valence-corrected chi connectivity index (χ1v) is 18.5. The van der Waals surface area contributed by atoms with Gasteiger partial charge in [-0.2, -0.15) is 0 Å². The Morgan fingerprint density at radius 1 is 0.389 bits per heavy atom. The van der Waals surface area contributed by atoms with Crippen LogP contribution in [0.3, 0.4) is 0 Å². The zero-order chi connectivity index (χ0) is 37.3. The van der Waals surface area contributed by atoms with Crippen molar-refractivity contribution in [1.82, 2.24) is 19.1 Å². The second kappa shape index (κ2) is 17.1. The van der Waals surface area contributed by atoms with Crippen LogP contribution in [-0.2, 0) is 13.1 Å². The van der Waals surface area contributed by atoms with Crippen molar-refractivity contribution in [2.75, 3.05) is 0 Å². The molecule has 2 aromatic heterocycles. The first-order valence-electron chi connectivity index (χ1n) is 17.7. The first kappa shape index (κ1) is 36.2. The third-order valence-electron chi connectivity index (χ3n) is 8.95. The summed E-state index contributed by atoms with van der Waals surface area (Å²) in [7, 11) is 0. The number of nitrogens with zero attached hydrogens (tertiary/aromatic N) is 4. The van der Waals surface area contributed by atoms with Crippen molar-refractivity contribution in [2.24, 2.45) is 0 Å². The van der Waals surface area contributed by atoms with Gasteiger partial charge < -0.3 is 9.13 Å². The zero-order valence-electron chi connectivity index (χ0n) is 29.7. The van der Waals surface area contributed by atoms with Crippen molar-refractivity contribution in [1.29, 1.82) is 0 Å². The van der Waals surface area contributed by atoms with Gasteiger partial charge in [0.2, 0.25) is 0 Å². The fourth-order valence-corrected chi connectivity index (χ4v) is 6.78. The lowest BCUT2D eigenvalue weighted by Gasteiger charge is -2.11. The molecule has 0 spiro atoms. The highest BCUT2D eigenvalue weighted by molar-refractivity contribution is 6.30. The highest BCUT2D eigenvalue weighted by Crippen LogP contribution is 2.38. The van der Waals surface area contributed by atoms with Crippen molar-refractivity contribution < 1.29 is 0 Å². The van der Waals surface area contributed by atoms with Crippen LogP contribution >= 0.6 is 23.2 Å². The number of imidazole rings is 2. The van der Waals surface area contributed by atoms with Gasteiger partial charge in [-0.3, -0.25) is 0 Å². The second-order valence-electron chi connectivity index (χ2n) is 12.5. The minimum atomic E-state index is 0.669. The fourth-order valence-electron chi connectivity index (χ4n) is 6.53. The summed E-state index contributed by atoms with van der Waals surface area (Å²) in [6.07, 6.45) is 3.81. The molecule has 0 atom stereocenters. The predicted octanol–water partition coefficient (Wildman–Crippen LogP) is 13.4. The van der Waals surface area contributed by atoms with Gasteiger partial charge in [-0.25, -0.2) is 9.97 Å². The summed E-state index contributed by atoms with van der Waals surface area (Å²) in [6.45, 7) is 9.24. The van der Waals surface area contributed by atoms with Crippen LogP contribution in [0.4, 0.5) is 0 Å². The maximum atomic E-state index is 6.08. The molecule has 6 aromatic carbocycles. The van der Waals surface area contributed by atoms with Gasteiger partial charge in [0.15, 0.2) is 0 Å². The van der Waals surface area contributed by atoms with Crippen LogP contribution in [0.25, 0.3) is 67.8 Å². The smallest absolute Gasteiger partial charge is 0.141 e. The van der Waals surface area contributed by atoms with Gasteiger partial charge in [0.05, 0.1) is 22.8 Å². The first-order chi connectivity index (χ1) is 26.6. The third-order valence-corrected chi connectivity index (χ3v) is 9.46. The normalized spacial score (nSPS) is 10.7. The molecule has 0 fully saturated rings. The summed E-state index contributed by atoms with van der Waals surface area (Å²) in [5.74, 6) is 1.81. The highest BCUT2D eigenvalue weighted by atomic mass is 35.5. The van der Waals surface area contributed by atoms with Gasteiger partial charge in [-0.05, 0) is 48.5 Å². The Bertz CT molecular complexity index is 2270. The number of aromatic nitrogens is 4. The van der Waals surface area contributed by atoms with E-state index in [1.54, 1.807) is 0 Å². The van der Waals surface area contributed by atoms with Gasteiger partial charge in [-0.1, -0.05) is 157 Å². The molecule has 264 valence electrons. The summed E-state index contributed by atoms with van der Waals surface area (Å²) >= 11 is 12.2. The van der Waals surface area contributed by atoms with Gasteiger partial charge in [0, 0.05) is 56.5 Å². The molecule has 54 heavy (non-hydrogen) atoms. The van der Waals surface area contributed by atoms with E-state index in [1.807, 2.05) is 109 Å². The van der Waals surface area contributed by atoms with Gasteiger partial charge in [-0.15, -0.1) is 13.2 Å². The second-order valence-corrected chi connectivity index (χ2v) is 13.4. The van der Waals surface area contributed by atoms with E-state index in [0.717, 1.165) is 67.8 Å². The average molecular weight is 742 g/mol. The van der Waals surface area contributed by atoms with E-state index in [9.17, 15) is 0 Å². The predicted molar refractivity (Wildman–Crippen MR) is 227 cm³/mol.